The number of carbonyl (C=O) groups is 1. The van der Waals surface area contributed by atoms with Gasteiger partial charge in [-0.25, -0.2) is 0 Å². The third kappa shape index (κ3) is 4.57. The topological polar surface area (TPSA) is 23.6 Å². The summed E-state index contributed by atoms with van der Waals surface area (Å²) in [5.74, 6) is 0.997. The Hall–Kier alpha value is -1.35. The van der Waals surface area contributed by atoms with Crippen molar-refractivity contribution in [3.63, 3.8) is 0 Å². The molecular formula is C20H32N2O. The van der Waals surface area contributed by atoms with Crippen LogP contribution in [0.15, 0.2) is 30.3 Å². The van der Waals surface area contributed by atoms with Gasteiger partial charge in [-0.2, -0.15) is 0 Å². The van der Waals surface area contributed by atoms with Crippen LogP contribution in [0.1, 0.15) is 52.4 Å². The molecule has 3 atom stereocenters. The van der Waals surface area contributed by atoms with Gasteiger partial charge in [0.15, 0.2) is 0 Å². The van der Waals surface area contributed by atoms with Gasteiger partial charge in [0.05, 0.1) is 6.04 Å². The number of hydrogen-bond acceptors (Lipinski definition) is 2. The maximum absolute atomic E-state index is 12.9. The van der Waals surface area contributed by atoms with Crippen LogP contribution < -0.4 is 4.90 Å². The average molecular weight is 316 g/mol. The van der Waals surface area contributed by atoms with Crippen LogP contribution in [0.5, 0.6) is 0 Å². The van der Waals surface area contributed by atoms with Crippen LogP contribution in [-0.4, -0.2) is 37.0 Å². The molecule has 1 aliphatic carbocycles. The van der Waals surface area contributed by atoms with Gasteiger partial charge in [-0.3, -0.25) is 4.79 Å². The molecule has 1 fully saturated rings. The van der Waals surface area contributed by atoms with Gasteiger partial charge in [0, 0.05) is 18.2 Å². The highest BCUT2D eigenvalue weighted by Crippen LogP contribution is 2.32. The first kappa shape index (κ1) is 18.0. The molecule has 0 N–H and O–H groups in total. The molecule has 0 spiro atoms. The minimum Gasteiger partial charge on any atom is -0.308 e. The van der Waals surface area contributed by atoms with E-state index in [1.165, 1.54) is 19.3 Å². The fourth-order valence-electron chi connectivity index (χ4n) is 3.85. The predicted octanol–water partition coefficient (Wildman–Crippen LogP) is 4.33. The summed E-state index contributed by atoms with van der Waals surface area (Å²) >= 11 is 0. The molecule has 1 aliphatic rings. The normalized spacial score (nSPS) is 25.2. The molecule has 2 rings (SSSR count). The van der Waals surface area contributed by atoms with Gasteiger partial charge in [0.1, 0.15) is 0 Å². The van der Waals surface area contributed by atoms with E-state index in [0.717, 1.165) is 24.4 Å². The molecule has 0 aliphatic heterocycles. The molecule has 23 heavy (non-hydrogen) atoms. The molecule has 1 amide bonds. The minimum atomic E-state index is 0.269. The number of rotatable bonds is 5. The van der Waals surface area contributed by atoms with Crippen LogP contribution in [0.4, 0.5) is 5.69 Å². The number of hydrogen-bond donors (Lipinski definition) is 0. The quantitative estimate of drug-likeness (QED) is 0.755. The molecule has 0 saturated heterocycles. The minimum absolute atomic E-state index is 0.269. The van der Waals surface area contributed by atoms with Crippen LogP contribution in [0.25, 0.3) is 0 Å². The molecule has 0 heterocycles. The molecule has 1 saturated carbocycles. The molecule has 3 heteroatoms. The van der Waals surface area contributed by atoms with Crippen LogP contribution in [0.2, 0.25) is 0 Å². The van der Waals surface area contributed by atoms with Gasteiger partial charge in [-0.1, -0.05) is 44.9 Å². The average Bonchev–Trinajstić information content (AvgIpc) is 2.71. The molecule has 3 nitrogen and oxygen atoms in total. The summed E-state index contributed by atoms with van der Waals surface area (Å²) in [6.07, 6.45) is 6.27. The Labute approximate surface area is 141 Å². The highest BCUT2D eigenvalue weighted by molar-refractivity contribution is 5.94. The zero-order chi connectivity index (χ0) is 16.8. The van der Waals surface area contributed by atoms with Gasteiger partial charge in [0.25, 0.3) is 0 Å². The van der Waals surface area contributed by atoms with Gasteiger partial charge in [-0.15, -0.1) is 0 Å². The van der Waals surface area contributed by atoms with Gasteiger partial charge >= 0.3 is 0 Å². The molecule has 3 unspecified atom stereocenters. The number of nitrogens with zero attached hydrogens (tertiary/aromatic N) is 2. The number of amides is 1. The third-order valence-corrected chi connectivity index (χ3v) is 5.05. The smallest absolute Gasteiger partial charge is 0.227 e. The Balaban J connectivity index is 2.36. The zero-order valence-corrected chi connectivity index (χ0v) is 15.2. The Morgan fingerprint density at radius 1 is 1.13 bits per heavy atom. The van der Waals surface area contributed by atoms with Gasteiger partial charge in [0.2, 0.25) is 5.91 Å². The van der Waals surface area contributed by atoms with Crippen LogP contribution in [-0.2, 0) is 4.79 Å². The lowest BCUT2D eigenvalue weighted by molar-refractivity contribution is -0.119. The summed E-state index contributed by atoms with van der Waals surface area (Å²) in [6.45, 7) is 4.43. The summed E-state index contributed by atoms with van der Waals surface area (Å²) < 4.78 is 0. The van der Waals surface area contributed by atoms with E-state index in [4.69, 9.17) is 0 Å². The molecule has 0 aromatic heterocycles. The van der Waals surface area contributed by atoms with Crippen molar-refractivity contribution in [2.45, 2.75) is 64.5 Å². The van der Waals surface area contributed by atoms with Crippen molar-refractivity contribution in [3.8, 4) is 0 Å². The highest BCUT2D eigenvalue weighted by atomic mass is 16.2. The second-order valence-electron chi connectivity index (χ2n) is 7.22. The van der Waals surface area contributed by atoms with E-state index < -0.39 is 0 Å². The summed E-state index contributed by atoms with van der Waals surface area (Å²) in [7, 11) is 4.31. The number of anilines is 1. The number of benzene rings is 1. The number of carbonyl (C=O) groups excluding carboxylic acids is 1. The van der Waals surface area contributed by atoms with Crippen LogP contribution >= 0.6 is 0 Å². The van der Waals surface area contributed by atoms with Crippen LogP contribution in [0, 0.1) is 5.92 Å². The largest absolute Gasteiger partial charge is 0.308 e. The van der Waals surface area contributed by atoms with E-state index in [-0.39, 0.29) is 11.9 Å². The number of likely N-dealkylation sites (N-methyl/N-ethyl adjacent to an activating group) is 1. The van der Waals surface area contributed by atoms with E-state index in [1.807, 2.05) is 18.2 Å². The SMILES string of the molecule is CCCC(=O)N(c1ccccc1)C1CCCC(C)CC1N(C)C. The Morgan fingerprint density at radius 2 is 1.83 bits per heavy atom. The van der Waals surface area contributed by atoms with E-state index in [0.29, 0.717) is 12.5 Å². The fourth-order valence-corrected chi connectivity index (χ4v) is 3.85. The van der Waals surface area contributed by atoms with Gasteiger partial charge < -0.3 is 9.80 Å². The van der Waals surface area contributed by atoms with Crippen molar-refractivity contribution in [2.75, 3.05) is 19.0 Å². The Bertz CT molecular complexity index is 486. The first-order valence-corrected chi connectivity index (χ1v) is 9.08. The number of para-hydroxylation sites is 1. The summed E-state index contributed by atoms with van der Waals surface area (Å²) in [6, 6.07) is 10.9. The molecule has 1 aromatic rings. The van der Waals surface area contributed by atoms with Crippen LogP contribution in [0.3, 0.4) is 0 Å². The van der Waals surface area contributed by atoms with Crippen molar-refractivity contribution in [2.24, 2.45) is 5.92 Å². The first-order chi connectivity index (χ1) is 11.0. The molecule has 1 aromatic carbocycles. The molecule has 0 radical (unpaired) electrons. The Morgan fingerprint density at radius 3 is 2.43 bits per heavy atom. The second kappa shape index (κ2) is 8.49. The van der Waals surface area contributed by atoms with Crippen molar-refractivity contribution < 1.29 is 4.79 Å². The molecule has 0 bridgehead atoms. The summed E-state index contributed by atoms with van der Waals surface area (Å²) in [4.78, 5) is 17.3. The third-order valence-electron chi connectivity index (χ3n) is 5.05. The highest BCUT2D eigenvalue weighted by Gasteiger charge is 2.35. The second-order valence-corrected chi connectivity index (χ2v) is 7.22. The lowest BCUT2D eigenvalue weighted by Crippen LogP contribution is -2.52. The van der Waals surface area contributed by atoms with E-state index in [2.05, 4.69) is 49.9 Å². The van der Waals surface area contributed by atoms with Gasteiger partial charge in [-0.05, 0) is 51.4 Å². The standard InChI is InChI=1S/C20H32N2O/c1-5-10-20(23)22(17-12-7-6-8-13-17)18-14-9-11-16(2)15-19(18)21(3)4/h6-8,12-13,16,18-19H,5,9-11,14-15H2,1-4H3. The van der Waals surface area contributed by atoms with Crippen molar-refractivity contribution >= 4 is 11.6 Å². The monoisotopic (exact) mass is 316 g/mol. The summed E-state index contributed by atoms with van der Waals surface area (Å²) in [5.41, 5.74) is 1.05. The Kier molecular flexibility index (Phi) is 6.64. The lowest BCUT2D eigenvalue weighted by Gasteiger charge is -2.40. The van der Waals surface area contributed by atoms with Crippen molar-refractivity contribution in [3.05, 3.63) is 30.3 Å². The maximum atomic E-state index is 12.9. The predicted molar refractivity (Wildman–Crippen MR) is 97.7 cm³/mol. The maximum Gasteiger partial charge on any atom is 0.227 e. The molecule has 128 valence electrons. The summed E-state index contributed by atoms with van der Waals surface area (Å²) in [5, 5.41) is 0. The van der Waals surface area contributed by atoms with E-state index in [1.54, 1.807) is 0 Å². The molecular weight excluding hydrogens is 284 g/mol. The van der Waals surface area contributed by atoms with Crippen molar-refractivity contribution in [1.82, 2.24) is 4.90 Å². The van der Waals surface area contributed by atoms with Crippen molar-refractivity contribution in [1.29, 1.82) is 0 Å². The zero-order valence-electron chi connectivity index (χ0n) is 15.2. The first-order valence-electron chi connectivity index (χ1n) is 9.08. The van der Waals surface area contributed by atoms with E-state index >= 15 is 0 Å². The fraction of sp³-hybridized carbons (Fsp3) is 0.650. The van der Waals surface area contributed by atoms with E-state index in [9.17, 15) is 4.79 Å². The lowest BCUT2D eigenvalue weighted by atomic mass is 9.95.